The second kappa shape index (κ2) is 7.73. The van der Waals surface area contributed by atoms with E-state index in [0.717, 1.165) is 37.1 Å². The van der Waals surface area contributed by atoms with Crippen molar-refractivity contribution in [3.63, 3.8) is 0 Å². The van der Waals surface area contributed by atoms with E-state index in [1.54, 1.807) is 24.3 Å². The smallest absolute Gasteiger partial charge is 0.457 e. The van der Waals surface area contributed by atoms with Gasteiger partial charge in [0.1, 0.15) is 17.6 Å². The van der Waals surface area contributed by atoms with Crippen LogP contribution in [0.25, 0.3) is 11.4 Å². The van der Waals surface area contributed by atoms with Gasteiger partial charge >= 0.3 is 5.51 Å². The molecule has 0 bridgehead atoms. The van der Waals surface area contributed by atoms with E-state index in [9.17, 15) is 21.6 Å². The Labute approximate surface area is 169 Å². The van der Waals surface area contributed by atoms with E-state index in [1.165, 1.54) is 0 Å². The second-order valence-corrected chi connectivity index (χ2v) is 8.45. The summed E-state index contributed by atoms with van der Waals surface area (Å²) >= 11 is 0. The molecule has 3 aromatic rings. The van der Waals surface area contributed by atoms with Crippen molar-refractivity contribution in [1.29, 1.82) is 0 Å². The first-order chi connectivity index (χ1) is 14.2. The third-order valence-electron chi connectivity index (χ3n) is 4.43. The van der Waals surface area contributed by atoms with Crippen LogP contribution in [0.4, 0.5) is 13.2 Å². The van der Waals surface area contributed by atoms with Crippen molar-refractivity contribution < 1.29 is 35.6 Å². The molecule has 1 aromatic heterocycles. The number of hydrogen-bond acceptors (Lipinski definition) is 7. The van der Waals surface area contributed by atoms with Gasteiger partial charge in [-0.2, -0.15) is 18.2 Å². The van der Waals surface area contributed by atoms with Crippen LogP contribution in [0.15, 0.2) is 57.9 Å². The summed E-state index contributed by atoms with van der Waals surface area (Å²) in [5.74, 6) is 1.41. The maximum Gasteiger partial charge on any atom is 0.501 e. The largest absolute Gasteiger partial charge is 0.501 e. The van der Waals surface area contributed by atoms with Crippen LogP contribution in [0.2, 0.25) is 0 Å². The minimum Gasteiger partial charge on any atom is -0.457 e. The van der Waals surface area contributed by atoms with E-state index < -0.39 is 20.2 Å². The predicted octanol–water partition coefficient (Wildman–Crippen LogP) is 4.67. The van der Waals surface area contributed by atoms with E-state index in [-0.39, 0.29) is 11.9 Å². The van der Waals surface area contributed by atoms with Crippen LogP contribution in [-0.4, -0.2) is 30.7 Å². The lowest BCUT2D eigenvalue weighted by Crippen LogP contribution is -2.23. The maximum absolute atomic E-state index is 12.6. The molecule has 30 heavy (non-hydrogen) atoms. The summed E-state index contributed by atoms with van der Waals surface area (Å²) in [6.45, 7) is 0.664. The van der Waals surface area contributed by atoms with Crippen LogP contribution < -0.4 is 4.74 Å². The Hall–Kier alpha value is -2.92. The van der Waals surface area contributed by atoms with Crippen molar-refractivity contribution in [2.45, 2.75) is 29.3 Å². The zero-order valence-corrected chi connectivity index (χ0v) is 16.1. The van der Waals surface area contributed by atoms with Gasteiger partial charge in [-0.05, 0) is 61.4 Å². The molecule has 2 heterocycles. The molecule has 2 aromatic carbocycles. The van der Waals surface area contributed by atoms with E-state index in [0.29, 0.717) is 29.6 Å². The van der Waals surface area contributed by atoms with Gasteiger partial charge < -0.3 is 14.0 Å². The van der Waals surface area contributed by atoms with Gasteiger partial charge in [-0.3, -0.25) is 0 Å². The Kier molecular flexibility index (Phi) is 5.24. The highest BCUT2D eigenvalue weighted by Gasteiger charge is 2.46. The second-order valence-electron chi connectivity index (χ2n) is 6.50. The fourth-order valence-electron chi connectivity index (χ4n) is 2.88. The fourth-order valence-corrected chi connectivity index (χ4v) is 3.65. The average molecular weight is 440 g/mol. The Morgan fingerprint density at radius 1 is 1.00 bits per heavy atom. The molecule has 1 aliphatic heterocycles. The maximum atomic E-state index is 12.6. The highest BCUT2D eigenvalue weighted by molar-refractivity contribution is 7.92. The van der Waals surface area contributed by atoms with Gasteiger partial charge in [0.2, 0.25) is 5.82 Å². The number of nitrogens with zero attached hydrogens (tertiary/aromatic N) is 2. The predicted molar refractivity (Wildman–Crippen MR) is 97.4 cm³/mol. The third kappa shape index (κ3) is 4.03. The minimum absolute atomic E-state index is 0.182. The first kappa shape index (κ1) is 20.4. The summed E-state index contributed by atoms with van der Waals surface area (Å²) in [6, 6.07) is 10.6. The molecule has 0 amide bonds. The van der Waals surface area contributed by atoms with Crippen LogP contribution in [0.3, 0.4) is 0 Å². The number of benzene rings is 2. The van der Waals surface area contributed by atoms with Gasteiger partial charge in [0.05, 0.1) is 4.90 Å². The third-order valence-corrected chi connectivity index (χ3v) is 5.94. The number of alkyl halides is 3. The lowest BCUT2D eigenvalue weighted by Gasteiger charge is -2.09. The van der Waals surface area contributed by atoms with Crippen LogP contribution in [0.1, 0.15) is 24.8 Å². The van der Waals surface area contributed by atoms with Crippen LogP contribution in [-0.2, 0) is 14.6 Å². The molecule has 1 fully saturated rings. The standard InChI is InChI=1S/C19H15F3N2O5S/c20-19(21,22)30(25,26)15-9-7-14(8-10-15)28-13-5-3-12(4-6-13)17-23-18(29-24-17)16-2-1-11-27-16/h3-10,16H,1-2,11H2. The van der Waals surface area contributed by atoms with Crippen molar-refractivity contribution >= 4 is 9.84 Å². The van der Waals surface area contributed by atoms with Gasteiger partial charge in [-0.1, -0.05) is 5.16 Å². The molecule has 0 saturated carbocycles. The number of sulfone groups is 1. The zero-order chi connectivity index (χ0) is 21.4. The molecule has 0 N–H and O–H groups in total. The zero-order valence-electron chi connectivity index (χ0n) is 15.3. The van der Waals surface area contributed by atoms with E-state index >= 15 is 0 Å². The molecular formula is C19H15F3N2O5S. The molecule has 0 radical (unpaired) electrons. The molecule has 1 aliphatic rings. The highest BCUT2D eigenvalue weighted by Crippen LogP contribution is 2.32. The number of rotatable bonds is 5. The minimum atomic E-state index is -5.39. The molecule has 7 nitrogen and oxygen atoms in total. The van der Waals surface area contributed by atoms with Crippen molar-refractivity contribution in [2.24, 2.45) is 0 Å². The normalized spacial score (nSPS) is 17.2. The van der Waals surface area contributed by atoms with Crippen molar-refractivity contribution in [3.8, 4) is 22.9 Å². The fraction of sp³-hybridized carbons (Fsp3) is 0.263. The first-order valence-electron chi connectivity index (χ1n) is 8.89. The Morgan fingerprint density at radius 3 is 2.20 bits per heavy atom. The first-order valence-corrected chi connectivity index (χ1v) is 10.4. The molecule has 4 rings (SSSR count). The average Bonchev–Trinajstić information content (AvgIpc) is 3.40. The number of hydrogen-bond donors (Lipinski definition) is 0. The number of aromatic nitrogens is 2. The highest BCUT2D eigenvalue weighted by atomic mass is 32.2. The summed E-state index contributed by atoms with van der Waals surface area (Å²) in [5, 5.41) is 3.94. The molecule has 1 unspecified atom stereocenters. The van der Waals surface area contributed by atoms with Crippen molar-refractivity contribution in [2.75, 3.05) is 6.61 Å². The van der Waals surface area contributed by atoms with Gasteiger partial charge in [-0.25, -0.2) is 8.42 Å². The van der Waals surface area contributed by atoms with Crippen LogP contribution in [0, 0.1) is 0 Å². The molecule has 1 saturated heterocycles. The molecule has 0 spiro atoms. The molecule has 158 valence electrons. The van der Waals surface area contributed by atoms with E-state index in [2.05, 4.69) is 10.1 Å². The summed E-state index contributed by atoms with van der Waals surface area (Å²) in [7, 11) is -5.39. The molecule has 11 heteroatoms. The Balaban J connectivity index is 1.45. The van der Waals surface area contributed by atoms with Gasteiger partial charge in [0.25, 0.3) is 15.7 Å². The monoisotopic (exact) mass is 440 g/mol. The van der Waals surface area contributed by atoms with Crippen molar-refractivity contribution in [3.05, 3.63) is 54.4 Å². The summed E-state index contributed by atoms with van der Waals surface area (Å²) in [4.78, 5) is 3.49. The summed E-state index contributed by atoms with van der Waals surface area (Å²) in [5.41, 5.74) is -4.67. The van der Waals surface area contributed by atoms with Crippen molar-refractivity contribution in [1.82, 2.24) is 10.1 Å². The number of ether oxygens (including phenoxy) is 2. The molecule has 0 aliphatic carbocycles. The van der Waals surface area contributed by atoms with Gasteiger partial charge in [0, 0.05) is 12.2 Å². The van der Waals surface area contributed by atoms with Gasteiger partial charge in [-0.15, -0.1) is 0 Å². The Bertz CT molecular complexity index is 1120. The van der Waals surface area contributed by atoms with Gasteiger partial charge in [0.15, 0.2) is 0 Å². The number of halogens is 3. The van der Waals surface area contributed by atoms with Crippen LogP contribution in [0.5, 0.6) is 11.5 Å². The summed E-state index contributed by atoms with van der Waals surface area (Å²) < 4.78 is 76.8. The topological polar surface area (TPSA) is 91.5 Å². The summed E-state index contributed by atoms with van der Waals surface area (Å²) in [6.07, 6.45) is 1.59. The van der Waals surface area contributed by atoms with E-state index in [4.69, 9.17) is 14.0 Å². The van der Waals surface area contributed by atoms with Crippen LogP contribution >= 0.6 is 0 Å². The SMILES string of the molecule is O=S(=O)(c1ccc(Oc2ccc(-c3noc(C4CCCO4)n3)cc2)cc1)C(F)(F)F. The van der Waals surface area contributed by atoms with E-state index in [1.807, 2.05) is 0 Å². The molecule has 1 atom stereocenters. The quantitative estimate of drug-likeness (QED) is 0.569. The Morgan fingerprint density at radius 2 is 1.63 bits per heavy atom. The lowest BCUT2D eigenvalue weighted by molar-refractivity contribution is -0.0436. The molecular weight excluding hydrogens is 425 g/mol. The lowest BCUT2D eigenvalue weighted by atomic mass is 10.2.